The lowest BCUT2D eigenvalue weighted by molar-refractivity contribution is -0.132. The summed E-state index contributed by atoms with van der Waals surface area (Å²) in [6.45, 7) is 4.54. The quantitative estimate of drug-likeness (QED) is 0.189. The number of aromatic amines is 1. The van der Waals surface area contributed by atoms with Gasteiger partial charge in [-0.2, -0.15) is 0 Å². The second-order valence-electron chi connectivity index (χ2n) is 10.1. The molecule has 2 N–H and O–H groups in total. The van der Waals surface area contributed by atoms with Gasteiger partial charge in [0.2, 0.25) is 5.95 Å². The molecule has 0 radical (unpaired) electrons. The van der Waals surface area contributed by atoms with Gasteiger partial charge in [0.1, 0.15) is 17.3 Å². The molecule has 5 rings (SSSR count). The number of ether oxygens (including phenoxy) is 1. The number of nitrogens with one attached hydrogen (secondary N) is 1. The molecule has 0 aliphatic carbocycles. The van der Waals surface area contributed by atoms with Crippen LogP contribution in [0.15, 0.2) is 72.3 Å². The summed E-state index contributed by atoms with van der Waals surface area (Å²) in [5.74, 6) is -1.58. The Kier molecular flexibility index (Phi) is 6.82. The Morgan fingerprint density at radius 3 is 2.54 bits per heavy atom. The molecular weight excluding hydrogens is 499 g/mol. The highest BCUT2D eigenvalue weighted by Crippen LogP contribution is 2.42. The Labute approximate surface area is 225 Å². The number of anilines is 2. The molecule has 0 spiro atoms. The fourth-order valence-corrected chi connectivity index (χ4v) is 4.56. The van der Waals surface area contributed by atoms with Crippen molar-refractivity contribution in [3.05, 3.63) is 89.2 Å². The van der Waals surface area contributed by atoms with Crippen molar-refractivity contribution in [3.8, 4) is 5.75 Å². The molecule has 1 aliphatic rings. The van der Waals surface area contributed by atoms with Crippen molar-refractivity contribution in [3.63, 3.8) is 0 Å². The zero-order chi connectivity index (χ0) is 27.8. The first-order valence-corrected chi connectivity index (χ1v) is 12.6. The standard InChI is InChI=1S/C30H29FN4O4/c1-17(2)16-39-22-7-5-6-19(14-22)27(36)25-26(18-8-11-21(12-9-18)34(3)4)35(29(38)28(25)37)30-32-23-13-10-20(31)15-24(23)33-30/h5-15,17,26,36H,16H2,1-4H3,(H,32,33)/b27-25+. The van der Waals surface area contributed by atoms with Gasteiger partial charge in [-0.1, -0.05) is 38.1 Å². The fourth-order valence-electron chi connectivity index (χ4n) is 4.56. The Hall–Kier alpha value is -4.66. The fraction of sp³-hybridized carbons (Fsp3) is 0.233. The topological polar surface area (TPSA) is 98.8 Å². The SMILES string of the molecule is CC(C)COc1cccc(/C(O)=C2\C(=O)C(=O)N(c3nc4ccc(F)cc4[nH]3)C2c2ccc(N(C)C)cc2)c1. The lowest BCUT2D eigenvalue weighted by atomic mass is 9.95. The number of aliphatic hydroxyl groups is 1. The molecular formula is C30H29FN4O4. The van der Waals surface area contributed by atoms with Gasteiger partial charge in [0.15, 0.2) is 0 Å². The molecule has 1 fully saturated rings. The van der Waals surface area contributed by atoms with Gasteiger partial charge in [0.05, 0.1) is 29.3 Å². The molecule has 1 unspecified atom stereocenters. The van der Waals surface area contributed by atoms with E-state index in [0.717, 1.165) is 5.69 Å². The van der Waals surface area contributed by atoms with E-state index < -0.39 is 23.5 Å². The number of amides is 1. The van der Waals surface area contributed by atoms with E-state index in [1.165, 1.54) is 23.1 Å². The van der Waals surface area contributed by atoms with Gasteiger partial charge in [-0.25, -0.2) is 9.37 Å². The maximum absolute atomic E-state index is 13.9. The number of rotatable bonds is 7. The van der Waals surface area contributed by atoms with Crippen LogP contribution in [0.5, 0.6) is 5.75 Å². The number of aromatic nitrogens is 2. The summed E-state index contributed by atoms with van der Waals surface area (Å²) in [4.78, 5) is 37.5. The van der Waals surface area contributed by atoms with Gasteiger partial charge in [-0.3, -0.25) is 14.5 Å². The van der Waals surface area contributed by atoms with Gasteiger partial charge in [-0.15, -0.1) is 0 Å². The lowest BCUT2D eigenvalue weighted by Crippen LogP contribution is -2.30. The van der Waals surface area contributed by atoms with E-state index in [-0.39, 0.29) is 17.3 Å². The van der Waals surface area contributed by atoms with Gasteiger partial charge in [0, 0.05) is 25.3 Å². The monoisotopic (exact) mass is 528 g/mol. The van der Waals surface area contributed by atoms with E-state index in [1.54, 1.807) is 36.4 Å². The highest BCUT2D eigenvalue weighted by Gasteiger charge is 2.48. The van der Waals surface area contributed by atoms with Crippen molar-refractivity contribution in [2.45, 2.75) is 19.9 Å². The molecule has 4 aromatic rings. The number of carbonyl (C=O) groups is 2. The van der Waals surface area contributed by atoms with E-state index in [9.17, 15) is 19.1 Å². The first-order valence-electron chi connectivity index (χ1n) is 12.6. The molecule has 1 atom stereocenters. The smallest absolute Gasteiger partial charge is 0.302 e. The summed E-state index contributed by atoms with van der Waals surface area (Å²) in [6, 6.07) is 17.2. The molecule has 8 nitrogen and oxygen atoms in total. The lowest BCUT2D eigenvalue weighted by Gasteiger charge is -2.24. The number of hydrogen-bond donors (Lipinski definition) is 2. The number of H-pyrrole nitrogens is 1. The van der Waals surface area contributed by atoms with Gasteiger partial charge in [-0.05, 0) is 53.9 Å². The predicted octanol–water partition coefficient (Wildman–Crippen LogP) is 5.43. The number of nitrogens with zero attached hydrogens (tertiary/aromatic N) is 3. The Morgan fingerprint density at radius 2 is 1.85 bits per heavy atom. The molecule has 39 heavy (non-hydrogen) atoms. The summed E-state index contributed by atoms with van der Waals surface area (Å²) in [5.41, 5.74) is 2.60. The van der Waals surface area contributed by atoms with Crippen LogP contribution >= 0.6 is 0 Å². The number of aliphatic hydroxyl groups excluding tert-OH is 1. The molecule has 9 heteroatoms. The molecule has 3 aromatic carbocycles. The number of imidazole rings is 1. The van der Waals surface area contributed by atoms with E-state index in [1.807, 2.05) is 45.0 Å². The average Bonchev–Trinajstić information content (AvgIpc) is 3.44. The van der Waals surface area contributed by atoms with Crippen LogP contribution in [0.2, 0.25) is 0 Å². The first kappa shape index (κ1) is 26.0. The number of halogens is 1. The molecule has 1 aromatic heterocycles. The average molecular weight is 529 g/mol. The highest BCUT2D eigenvalue weighted by molar-refractivity contribution is 6.51. The Bertz CT molecular complexity index is 1590. The van der Waals surface area contributed by atoms with Gasteiger partial charge < -0.3 is 19.7 Å². The number of ketones is 1. The molecule has 2 heterocycles. The highest BCUT2D eigenvalue weighted by atomic mass is 19.1. The molecule has 1 aliphatic heterocycles. The van der Waals surface area contributed by atoms with E-state index in [0.29, 0.717) is 40.4 Å². The van der Waals surface area contributed by atoms with Crippen LogP contribution < -0.4 is 14.5 Å². The summed E-state index contributed by atoms with van der Waals surface area (Å²) in [5, 5.41) is 11.5. The van der Waals surface area contributed by atoms with Crippen molar-refractivity contribution in [1.82, 2.24) is 9.97 Å². The third-order valence-electron chi connectivity index (χ3n) is 6.52. The minimum atomic E-state index is -0.980. The second kappa shape index (κ2) is 10.2. The number of benzene rings is 3. The summed E-state index contributed by atoms with van der Waals surface area (Å²) >= 11 is 0. The minimum absolute atomic E-state index is 0.0763. The van der Waals surface area contributed by atoms with Crippen LogP contribution in [0.25, 0.3) is 16.8 Å². The molecule has 1 saturated heterocycles. The first-order chi connectivity index (χ1) is 18.6. The van der Waals surface area contributed by atoms with Crippen LogP contribution in [-0.2, 0) is 9.59 Å². The van der Waals surface area contributed by atoms with Gasteiger partial charge in [0.25, 0.3) is 5.78 Å². The maximum atomic E-state index is 13.9. The summed E-state index contributed by atoms with van der Waals surface area (Å²) < 4.78 is 19.7. The van der Waals surface area contributed by atoms with Crippen LogP contribution in [0.3, 0.4) is 0 Å². The minimum Gasteiger partial charge on any atom is -0.507 e. The van der Waals surface area contributed by atoms with Crippen LogP contribution in [0, 0.1) is 11.7 Å². The zero-order valence-electron chi connectivity index (χ0n) is 22.1. The number of Topliss-reactive ketones (excluding diaryl/α,β-unsaturated/α-hetero) is 1. The van der Waals surface area contributed by atoms with E-state index in [4.69, 9.17) is 4.74 Å². The summed E-state index contributed by atoms with van der Waals surface area (Å²) in [6.07, 6.45) is 0. The molecule has 200 valence electrons. The normalized spacial score (nSPS) is 16.9. The molecule has 0 bridgehead atoms. The van der Waals surface area contributed by atoms with E-state index in [2.05, 4.69) is 9.97 Å². The summed E-state index contributed by atoms with van der Waals surface area (Å²) in [7, 11) is 3.81. The third-order valence-corrected chi connectivity index (χ3v) is 6.52. The molecule has 1 amide bonds. The number of hydrogen-bond acceptors (Lipinski definition) is 6. The third kappa shape index (κ3) is 4.95. The molecule has 0 saturated carbocycles. The second-order valence-corrected chi connectivity index (χ2v) is 10.1. The number of fused-ring (bicyclic) bond motifs is 1. The largest absolute Gasteiger partial charge is 0.507 e. The maximum Gasteiger partial charge on any atom is 0.302 e. The van der Waals surface area contributed by atoms with Crippen LogP contribution in [0.1, 0.15) is 31.0 Å². The van der Waals surface area contributed by atoms with Crippen LogP contribution in [0.4, 0.5) is 16.0 Å². The van der Waals surface area contributed by atoms with Crippen molar-refractivity contribution in [2.75, 3.05) is 30.5 Å². The zero-order valence-corrected chi connectivity index (χ0v) is 22.1. The Morgan fingerprint density at radius 1 is 1.10 bits per heavy atom. The van der Waals surface area contributed by atoms with Crippen molar-refractivity contribution >= 4 is 40.1 Å². The van der Waals surface area contributed by atoms with Crippen molar-refractivity contribution in [1.29, 1.82) is 0 Å². The predicted molar refractivity (Wildman–Crippen MR) is 148 cm³/mol. The van der Waals surface area contributed by atoms with Crippen LogP contribution in [-0.4, -0.2) is 47.5 Å². The van der Waals surface area contributed by atoms with Gasteiger partial charge >= 0.3 is 5.91 Å². The number of carbonyl (C=O) groups excluding carboxylic acids is 2. The van der Waals surface area contributed by atoms with E-state index >= 15 is 0 Å². The van der Waals surface area contributed by atoms with Crippen molar-refractivity contribution in [2.24, 2.45) is 5.92 Å². The Balaban J connectivity index is 1.66. The van der Waals surface area contributed by atoms with Crippen molar-refractivity contribution < 1.29 is 23.8 Å².